The Labute approximate surface area is 160 Å². The molecule has 0 spiro atoms. The highest BCUT2D eigenvalue weighted by atomic mass is 15.2. The maximum atomic E-state index is 9.44. The van der Waals surface area contributed by atoms with Crippen LogP contribution in [0, 0.1) is 22.7 Å². The Hall–Kier alpha value is -2.80. The van der Waals surface area contributed by atoms with Crippen LogP contribution >= 0.6 is 0 Å². The second-order valence-corrected chi connectivity index (χ2v) is 8.64. The number of rotatable bonds is 3. The lowest BCUT2D eigenvalue weighted by molar-refractivity contribution is 0.140. The van der Waals surface area contributed by atoms with Crippen molar-refractivity contribution in [1.82, 2.24) is 9.55 Å². The third kappa shape index (κ3) is 3.42. The van der Waals surface area contributed by atoms with Crippen molar-refractivity contribution >= 4 is 22.7 Å². The summed E-state index contributed by atoms with van der Waals surface area (Å²) in [5.41, 5.74) is 3.90. The van der Waals surface area contributed by atoms with Gasteiger partial charge < -0.3 is 9.88 Å². The lowest BCUT2D eigenvalue weighted by Crippen LogP contribution is -2.29. The van der Waals surface area contributed by atoms with Crippen molar-refractivity contribution in [3.05, 3.63) is 54.1 Å². The van der Waals surface area contributed by atoms with Crippen LogP contribution in [0.15, 0.2) is 48.5 Å². The van der Waals surface area contributed by atoms with E-state index in [1.165, 1.54) is 6.42 Å². The van der Waals surface area contributed by atoms with Crippen LogP contribution < -0.4 is 5.32 Å². The van der Waals surface area contributed by atoms with Gasteiger partial charge in [-0.25, -0.2) is 4.98 Å². The predicted octanol–water partition coefficient (Wildman–Crippen LogP) is 6.04. The molecule has 1 N–H and O–H groups in total. The molecule has 0 saturated heterocycles. The first kappa shape index (κ1) is 17.6. The van der Waals surface area contributed by atoms with Crippen LogP contribution in [0.4, 0.5) is 11.6 Å². The summed E-state index contributed by atoms with van der Waals surface area (Å²) in [5, 5.41) is 12.9. The molecule has 0 unspecified atom stereocenters. The quantitative estimate of drug-likeness (QED) is 0.621. The molecular weight excluding hydrogens is 332 g/mol. The van der Waals surface area contributed by atoms with Crippen molar-refractivity contribution in [3.8, 4) is 6.07 Å². The molecule has 0 radical (unpaired) electrons. The van der Waals surface area contributed by atoms with E-state index in [1.54, 1.807) is 0 Å². The lowest BCUT2D eigenvalue weighted by atomic mass is 9.70. The Kier molecular flexibility index (Phi) is 4.39. The van der Waals surface area contributed by atoms with Gasteiger partial charge in [-0.1, -0.05) is 45.0 Å². The van der Waals surface area contributed by atoms with Crippen molar-refractivity contribution in [2.45, 2.75) is 46.1 Å². The molecule has 0 amide bonds. The third-order valence-electron chi connectivity index (χ3n) is 5.62. The maximum Gasteiger partial charge on any atom is 0.208 e. The van der Waals surface area contributed by atoms with Crippen LogP contribution in [0.5, 0.6) is 0 Å². The van der Waals surface area contributed by atoms with Crippen LogP contribution in [0.3, 0.4) is 0 Å². The number of nitrogens with zero attached hydrogens (tertiary/aromatic N) is 3. The first-order valence-electron chi connectivity index (χ1n) is 9.70. The number of imidazole rings is 1. The minimum absolute atomic E-state index is 0.315. The molecule has 1 aromatic heterocycles. The number of hydrogen-bond donors (Lipinski definition) is 1. The zero-order valence-electron chi connectivity index (χ0n) is 16.2. The zero-order chi connectivity index (χ0) is 19.0. The average molecular weight is 358 g/mol. The van der Waals surface area contributed by atoms with Gasteiger partial charge in [-0.3, -0.25) is 0 Å². The Balaban J connectivity index is 1.82. The van der Waals surface area contributed by atoms with Gasteiger partial charge in [-0.05, 0) is 54.9 Å². The Bertz CT molecular complexity index is 1010. The highest BCUT2D eigenvalue weighted by Gasteiger charge is 2.34. The van der Waals surface area contributed by atoms with Gasteiger partial charge in [0.05, 0.1) is 22.3 Å². The van der Waals surface area contributed by atoms with Crippen LogP contribution in [0.25, 0.3) is 11.0 Å². The predicted molar refractivity (Wildman–Crippen MR) is 110 cm³/mol. The molecule has 138 valence electrons. The molecule has 0 bridgehead atoms. The van der Waals surface area contributed by atoms with Crippen molar-refractivity contribution in [2.24, 2.45) is 11.3 Å². The van der Waals surface area contributed by atoms with Crippen molar-refractivity contribution in [1.29, 1.82) is 5.26 Å². The number of hydrogen-bond acceptors (Lipinski definition) is 3. The molecular formula is C23H26N4. The first-order chi connectivity index (χ1) is 13.0. The van der Waals surface area contributed by atoms with E-state index in [0.717, 1.165) is 35.5 Å². The second-order valence-electron chi connectivity index (χ2n) is 8.64. The number of fused-ring (bicyclic) bond motifs is 1. The summed E-state index contributed by atoms with van der Waals surface area (Å²) in [5.74, 6) is 1.51. The van der Waals surface area contributed by atoms with E-state index in [9.17, 15) is 5.26 Å². The molecule has 1 aliphatic carbocycles. The minimum atomic E-state index is 0.315. The van der Waals surface area contributed by atoms with E-state index in [-0.39, 0.29) is 0 Å². The van der Waals surface area contributed by atoms with Gasteiger partial charge in [-0.15, -0.1) is 0 Å². The number of benzene rings is 2. The summed E-state index contributed by atoms with van der Waals surface area (Å²) in [4.78, 5) is 4.87. The van der Waals surface area contributed by atoms with Crippen molar-refractivity contribution < 1.29 is 0 Å². The van der Waals surface area contributed by atoms with Gasteiger partial charge in [0.25, 0.3) is 0 Å². The smallest absolute Gasteiger partial charge is 0.208 e. The SMILES string of the molecule is C[C@H]1C[C@@H](n2c(Nc3ccccc3C#N)nc3ccccc32)CC(C)(C)C1. The molecule has 2 aromatic carbocycles. The summed E-state index contributed by atoms with van der Waals surface area (Å²) in [6.45, 7) is 7.09. The summed E-state index contributed by atoms with van der Waals surface area (Å²) >= 11 is 0. The van der Waals surface area contributed by atoms with E-state index >= 15 is 0 Å². The molecule has 1 heterocycles. The first-order valence-corrected chi connectivity index (χ1v) is 9.70. The molecule has 0 aliphatic heterocycles. The van der Waals surface area contributed by atoms with Gasteiger partial charge in [0.1, 0.15) is 6.07 Å². The summed E-state index contributed by atoms with van der Waals surface area (Å²) < 4.78 is 2.36. The third-order valence-corrected chi connectivity index (χ3v) is 5.62. The molecule has 2 atom stereocenters. The van der Waals surface area contributed by atoms with Gasteiger partial charge in [0, 0.05) is 6.04 Å². The van der Waals surface area contributed by atoms with Crippen molar-refractivity contribution in [3.63, 3.8) is 0 Å². The standard InChI is InChI=1S/C23H26N4/c1-16-12-18(14-23(2,3)13-16)27-21-11-7-6-10-20(21)26-22(27)25-19-9-5-4-8-17(19)15-24/h4-11,16,18H,12-14H2,1-3H3,(H,25,26)/t16-,18+/m0/s1. The summed E-state index contributed by atoms with van der Waals surface area (Å²) in [6, 6.07) is 18.6. The van der Waals surface area contributed by atoms with E-state index in [1.807, 2.05) is 30.3 Å². The van der Waals surface area contributed by atoms with Gasteiger partial charge in [0.15, 0.2) is 0 Å². The molecule has 1 fully saturated rings. The fourth-order valence-electron chi connectivity index (χ4n) is 4.80. The topological polar surface area (TPSA) is 53.6 Å². The summed E-state index contributed by atoms with van der Waals surface area (Å²) in [7, 11) is 0. The number of aromatic nitrogens is 2. The number of anilines is 2. The lowest BCUT2D eigenvalue weighted by Gasteiger charge is -2.40. The largest absolute Gasteiger partial charge is 0.324 e. The number of para-hydroxylation sites is 3. The van der Waals surface area contributed by atoms with Crippen LogP contribution in [-0.2, 0) is 0 Å². The van der Waals surface area contributed by atoms with E-state index in [2.05, 4.69) is 54.9 Å². The Morgan fingerprint density at radius 2 is 1.85 bits per heavy atom. The van der Waals surface area contributed by atoms with Crippen LogP contribution in [0.1, 0.15) is 51.6 Å². The second kappa shape index (κ2) is 6.74. The fraction of sp³-hybridized carbons (Fsp3) is 0.391. The van der Waals surface area contributed by atoms with Gasteiger partial charge >= 0.3 is 0 Å². The monoisotopic (exact) mass is 358 g/mol. The normalized spacial score (nSPS) is 21.7. The molecule has 27 heavy (non-hydrogen) atoms. The highest BCUT2D eigenvalue weighted by Crippen LogP contribution is 2.46. The van der Waals surface area contributed by atoms with Gasteiger partial charge in [0.2, 0.25) is 5.95 Å². The molecule has 4 nitrogen and oxygen atoms in total. The zero-order valence-corrected chi connectivity index (χ0v) is 16.2. The average Bonchev–Trinajstić information content (AvgIpc) is 2.98. The maximum absolute atomic E-state index is 9.44. The molecule has 4 rings (SSSR count). The van der Waals surface area contributed by atoms with E-state index in [0.29, 0.717) is 22.9 Å². The van der Waals surface area contributed by atoms with E-state index in [4.69, 9.17) is 4.98 Å². The summed E-state index contributed by atoms with van der Waals surface area (Å²) in [6.07, 6.45) is 3.54. The Morgan fingerprint density at radius 1 is 1.11 bits per heavy atom. The van der Waals surface area contributed by atoms with Crippen molar-refractivity contribution in [2.75, 3.05) is 5.32 Å². The molecule has 1 saturated carbocycles. The number of nitriles is 1. The van der Waals surface area contributed by atoms with Crippen LogP contribution in [-0.4, -0.2) is 9.55 Å². The van der Waals surface area contributed by atoms with E-state index < -0.39 is 0 Å². The molecule has 3 aromatic rings. The van der Waals surface area contributed by atoms with Gasteiger partial charge in [-0.2, -0.15) is 5.26 Å². The number of nitrogens with one attached hydrogen (secondary N) is 1. The van der Waals surface area contributed by atoms with Crippen LogP contribution in [0.2, 0.25) is 0 Å². The fourth-order valence-corrected chi connectivity index (χ4v) is 4.80. The molecule has 4 heteroatoms. The Morgan fingerprint density at radius 3 is 2.63 bits per heavy atom. The molecule has 1 aliphatic rings. The highest BCUT2D eigenvalue weighted by molar-refractivity contribution is 5.80. The minimum Gasteiger partial charge on any atom is -0.324 e.